The van der Waals surface area contributed by atoms with Gasteiger partial charge in [0.25, 0.3) is 5.91 Å². The molecule has 2 aromatic carbocycles. The summed E-state index contributed by atoms with van der Waals surface area (Å²) in [7, 11) is 7.01. The molecule has 29 heavy (non-hydrogen) atoms. The molecule has 0 saturated heterocycles. The van der Waals surface area contributed by atoms with Gasteiger partial charge in [-0.25, -0.2) is 0 Å². The van der Waals surface area contributed by atoms with Crippen LogP contribution in [0.5, 0.6) is 17.2 Å². The van der Waals surface area contributed by atoms with Gasteiger partial charge in [-0.1, -0.05) is 18.2 Å². The first-order valence-electron chi connectivity index (χ1n) is 9.25. The van der Waals surface area contributed by atoms with Crippen molar-refractivity contribution in [2.45, 2.75) is 13.0 Å². The zero-order valence-electron chi connectivity index (χ0n) is 17.5. The van der Waals surface area contributed by atoms with Crippen molar-refractivity contribution in [3.05, 3.63) is 53.6 Å². The lowest BCUT2D eigenvalue weighted by molar-refractivity contribution is -0.123. The fourth-order valence-electron chi connectivity index (χ4n) is 2.92. The molecule has 0 radical (unpaired) electrons. The molecular formula is C22H28N2O5. The molecule has 2 aromatic rings. The van der Waals surface area contributed by atoms with Crippen LogP contribution in [-0.2, 0) is 4.79 Å². The highest BCUT2D eigenvalue weighted by atomic mass is 16.5. The molecule has 2 rings (SSSR count). The lowest BCUT2D eigenvalue weighted by Gasteiger charge is -2.26. The fraction of sp³-hybridized carbons (Fsp3) is 0.364. The number of benzene rings is 2. The van der Waals surface area contributed by atoms with E-state index in [1.54, 1.807) is 25.3 Å². The minimum atomic E-state index is -0.260. The Morgan fingerprint density at radius 3 is 2.31 bits per heavy atom. The zero-order chi connectivity index (χ0) is 21.4. The van der Waals surface area contributed by atoms with Crippen molar-refractivity contribution in [1.82, 2.24) is 10.2 Å². The minimum absolute atomic E-state index is 0.0560. The summed E-state index contributed by atoms with van der Waals surface area (Å²) in [6.45, 7) is 1.71. The molecule has 1 amide bonds. The van der Waals surface area contributed by atoms with Crippen molar-refractivity contribution in [2.75, 3.05) is 41.5 Å². The maximum absolute atomic E-state index is 12.3. The molecule has 7 heteroatoms. The molecular weight excluding hydrogens is 372 g/mol. The van der Waals surface area contributed by atoms with Gasteiger partial charge in [0, 0.05) is 17.7 Å². The number of carbonyl (C=O) groups is 2. The van der Waals surface area contributed by atoms with E-state index in [1.165, 1.54) is 14.0 Å². The third-order valence-corrected chi connectivity index (χ3v) is 4.54. The zero-order valence-corrected chi connectivity index (χ0v) is 17.5. The number of carbonyl (C=O) groups excluding carboxylic acids is 2. The molecule has 0 aliphatic rings. The second kappa shape index (κ2) is 10.5. The predicted octanol–water partition coefficient (Wildman–Crippen LogP) is 2.70. The average molecular weight is 400 g/mol. The van der Waals surface area contributed by atoms with Gasteiger partial charge in [-0.05, 0) is 45.3 Å². The van der Waals surface area contributed by atoms with E-state index in [0.29, 0.717) is 23.6 Å². The number of hydrogen-bond acceptors (Lipinski definition) is 6. The van der Waals surface area contributed by atoms with Crippen molar-refractivity contribution in [2.24, 2.45) is 0 Å². The Balaban J connectivity index is 1.99. The van der Waals surface area contributed by atoms with Crippen molar-refractivity contribution >= 4 is 11.7 Å². The quantitative estimate of drug-likeness (QED) is 0.618. The van der Waals surface area contributed by atoms with Crippen LogP contribution < -0.4 is 19.5 Å². The number of para-hydroxylation sites is 1. The summed E-state index contributed by atoms with van der Waals surface area (Å²) in [6, 6.07) is 12.5. The Hall–Kier alpha value is -3.06. The third-order valence-electron chi connectivity index (χ3n) is 4.54. The lowest BCUT2D eigenvalue weighted by Crippen LogP contribution is -2.37. The molecule has 1 N–H and O–H groups in total. The van der Waals surface area contributed by atoms with Crippen molar-refractivity contribution < 1.29 is 23.8 Å². The molecule has 1 atom stereocenters. The minimum Gasteiger partial charge on any atom is -0.496 e. The molecule has 0 aliphatic carbocycles. The van der Waals surface area contributed by atoms with Gasteiger partial charge in [0.2, 0.25) is 0 Å². The Bertz CT molecular complexity index is 851. The van der Waals surface area contributed by atoms with E-state index in [4.69, 9.17) is 14.2 Å². The molecule has 0 aromatic heterocycles. The van der Waals surface area contributed by atoms with Crippen LogP contribution in [0.1, 0.15) is 28.9 Å². The fourth-order valence-corrected chi connectivity index (χ4v) is 2.92. The predicted molar refractivity (Wildman–Crippen MR) is 111 cm³/mol. The summed E-state index contributed by atoms with van der Waals surface area (Å²) in [5.74, 6) is 1.25. The average Bonchev–Trinajstić information content (AvgIpc) is 2.72. The number of ether oxygens (including phenoxy) is 3. The second-order valence-electron chi connectivity index (χ2n) is 6.74. The highest BCUT2D eigenvalue weighted by molar-refractivity contribution is 5.94. The third kappa shape index (κ3) is 5.96. The van der Waals surface area contributed by atoms with E-state index in [2.05, 4.69) is 5.32 Å². The summed E-state index contributed by atoms with van der Waals surface area (Å²) >= 11 is 0. The smallest absolute Gasteiger partial charge is 0.258 e. The van der Waals surface area contributed by atoms with Gasteiger partial charge in [-0.3, -0.25) is 9.59 Å². The number of rotatable bonds is 10. The van der Waals surface area contributed by atoms with Crippen molar-refractivity contribution in [1.29, 1.82) is 0 Å². The topological polar surface area (TPSA) is 77.1 Å². The van der Waals surface area contributed by atoms with Crippen LogP contribution in [-0.4, -0.2) is 58.1 Å². The SMILES string of the molecule is COc1cc(C(C)=O)ccc1OCC(=O)NC[C@H](c1ccccc1OC)N(C)C. The van der Waals surface area contributed by atoms with Crippen LogP contribution in [0.4, 0.5) is 0 Å². The molecule has 0 unspecified atom stereocenters. The Morgan fingerprint density at radius 2 is 1.69 bits per heavy atom. The summed E-state index contributed by atoms with van der Waals surface area (Å²) in [6.07, 6.45) is 0. The van der Waals surface area contributed by atoms with Gasteiger partial charge in [0.1, 0.15) is 5.75 Å². The Kier molecular flexibility index (Phi) is 8.03. The normalized spacial score (nSPS) is 11.7. The second-order valence-corrected chi connectivity index (χ2v) is 6.74. The van der Waals surface area contributed by atoms with E-state index >= 15 is 0 Å². The summed E-state index contributed by atoms with van der Waals surface area (Å²) in [5.41, 5.74) is 1.51. The van der Waals surface area contributed by atoms with Gasteiger partial charge >= 0.3 is 0 Å². The summed E-state index contributed by atoms with van der Waals surface area (Å²) < 4.78 is 16.3. The van der Waals surface area contributed by atoms with Crippen LogP contribution in [0, 0.1) is 0 Å². The number of amides is 1. The number of nitrogens with one attached hydrogen (secondary N) is 1. The maximum atomic E-state index is 12.3. The van der Waals surface area contributed by atoms with E-state index in [-0.39, 0.29) is 24.3 Å². The molecule has 0 heterocycles. The van der Waals surface area contributed by atoms with E-state index in [1.807, 2.05) is 43.3 Å². The van der Waals surface area contributed by atoms with Gasteiger partial charge in [0.05, 0.1) is 20.3 Å². The van der Waals surface area contributed by atoms with Crippen molar-refractivity contribution in [3.8, 4) is 17.2 Å². The first-order valence-corrected chi connectivity index (χ1v) is 9.25. The maximum Gasteiger partial charge on any atom is 0.258 e. The van der Waals surface area contributed by atoms with Crippen LogP contribution in [0.2, 0.25) is 0 Å². The monoisotopic (exact) mass is 400 g/mol. The lowest BCUT2D eigenvalue weighted by atomic mass is 10.0. The van der Waals surface area contributed by atoms with E-state index in [0.717, 1.165) is 11.3 Å². The molecule has 7 nitrogen and oxygen atoms in total. The van der Waals surface area contributed by atoms with Gasteiger partial charge in [-0.15, -0.1) is 0 Å². The molecule has 0 saturated carbocycles. The summed E-state index contributed by atoms with van der Waals surface area (Å²) in [5, 5.41) is 2.90. The highest BCUT2D eigenvalue weighted by Crippen LogP contribution is 2.29. The molecule has 0 aliphatic heterocycles. The first kappa shape index (κ1) is 22.2. The number of hydrogen-bond donors (Lipinski definition) is 1. The number of likely N-dealkylation sites (N-methyl/N-ethyl adjacent to an activating group) is 1. The molecule has 0 bridgehead atoms. The van der Waals surface area contributed by atoms with Crippen molar-refractivity contribution in [3.63, 3.8) is 0 Å². The van der Waals surface area contributed by atoms with E-state index in [9.17, 15) is 9.59 Å². The molecule has 0 spiro atoms. The van der Waals surface area contributed by atoms with Crippen LogP contribution >= 0.6 is 0 Å². The Morgan fingerprint density at radius 1 is 1.00 bits per heavy atom. The number of methoxy groups -OCH3 is 2. The van der Waals surface area contributed by atoms with Crippen LogP contribution in [0.25, 0.3) is 0 Å². The van der Waals surface area contributed by atoms with Gasteiger partial charge in [0.15, 0.2) is 23.9 Å². The number of Topliss-reactive ketones (excluding diaryl/α,β-unsaturated/α-hetero) is 1. The molecule has 0 fully saturated rings. The van der Waals surface area contributed by atoms with Crippen LogP contribution in [0.3, 0.4) is 0 Å². The van der Waals surface area contributed by atoms with Gasteiger partial charge < -0.3 is 24.4 Å². The largest absolute Gasteiger partial charge is 0.496 e. The highest BCUT2D eigenvalue weighted by Gasteiger charge is 2.19. The standard InChI is InChI=1S/C22H28N2O5/c1-15(25)16-10-11-20(21(12-16)28-5)29-14-22(26)23-13-18(24(2)3)17-8-6-7-9-19(17)27-4/h6-12,18H,13-14H2,1-5H3,(H,23,26)/t18-/m1/s1. The Labute approximate surface area is 171 Å². The number of ketones is 1. The van der Waals surface area contributed by atoms with Crippen LogP contribution in [0.15, 0.2) is 42.5 Å². The molecule has 156 valence electrons. The number of nitrogens with zero attached hydrogens (tertiary/aromatic N) is 1. The first-order chi connectivity index (χ1) is 13.9. The van der Waals surface area contributed by atoms with E-state index < -0.39 is 0 Å². The van der Waals surface area contributed by atoms with Gasteiger partial charge in [-0.2, -0.15) is 0 Å². The summed E-state index contributed by atoms with van der Waals surface area (Å²) in [4.78, 5) is 25.8.